The molecule has 0 radical (unpaired) electrons. The van der Waals surface area contributed by atoms with E-state index in [1.807, 2.05) is 31.2 Å². The molecule has 1 atom stereocenters. The molecule has 4 rings (SSSR count). The van der Waals surface area contributed by atoms with Crippen molar-refractivity contribution in [3.05, 3.63) is 54.0 Å². The number of rotatable bonds is 4. The summed E-state index contributed by atoms with van der Waals surface area (Å²) in [5.74, 6) is 0.920. The molecular formula is C20H27IN6O. The number of aromatic nitrogens is 3. The molecule has 3 heterocycles. The first-order valence-electron chi connectivity index (χ1n) is 9.35. The molecule has 1 aliphatic rings. The van der Waals surface area contributed by atoms with E-state index in [0.717, 1.165) is 37.6 Å². The first-order chi connectivity index (χ1) is 13.2. The minimum atomic E-state index is 0. The molecule has 8 heteroatoms. The maximum Gasteiger partial charge on any atom is 0.193 e. The van der Waals surface area contributed by atoms with Crippen LogP contribution in [0.2, 0.25) is 0 Å². The van der Waals surface area contributed by atoms with E-state index in [2.05, 4.69) is 55.6 Å². The third-order valence-corrected chi connectivity index (χ3v) is 4.94. The Morgan fingerprint density at radius 3 is 3.00 bits per heavy atom. The van der Waals surface area contributed by atoms with Gasteiger partial charge >= 0.3 is 0 Å². The molecule has 0 bridgehead atoms. The quantitative estimate of drug-likeness (QED) is 0.333. The molecule has 0 amide bonds. The van der Waals surface area contributed by atoms with Gasteiger partial charge in [0.15, 0.2) is 5.96 Å². The number of guanidine groups is 1. The van der Waals surface area contributed by atoms with Crippen molar-refractivity contribution in [2.75, 3.05) is 33.3 Å². The lowest BCUT2D eigenvalue weighted by molar-refractivity contribution is -0.00801. The molecule has 2 N–H and O–H groups in total. The highest BCUT2D eigenvalue weighted by Gasteiger charge is 2.25. The number of ether oxygens (including phenoxy) is 1. The van der Waals surface area contributed by atoms with Crippen molar-refractivity contribution < 1.29 is 4.74 Å². The molecule has 1 aliphatic heterocycles. The van der Waals surface area contributed by atoms with Crippen molar-refractivity contribution in [1.82, 2.24) is 25.0 Å². The van der Waals surface area contributed by atoms with Gasteiger partial charge in [-0.05, 0) is 17.5 Å². The predicted octanol–water partition coefficient (Wildman–Crippen LogP) is 2.71. The van der Waals surface area contributed by atoms with Crippen molar-refractivity contribution >= 4 is 40.8 Å². The second kappa shape index (κ2) is 9.42. The van der Waals surface area contributed by atoms with Crippen molar-refractivity contribution in [2.24, 2.45) is 12.0 Å². The van der Waals surface area contributed by atoms with Gasteiger partial charge in [0.1, 0.15) is 6.10 Å². The van der Waals surface area contributed by atoms with E-state index in [1.165, 1.54) is 16.6 Å². The highest BCUT2D eigenvalue weighted by Crippen LogP contribution is 2.21. The van der Waals surface area contributed by atoms with Crippen LogP contribution in [-0.4, -0.2) is 58.9 Å². The monoisotopic (exact) mass is 494 g/mol. The largest absolute Gasteiger partial charge is 0.370 e. The normalized spacial score (nSPS) is 17.6. The number of aromatic amines is 1. The number of hydrogen-bond donors (Lipinski definition) is 2. The molecule has 150 valence electrons. The van der Waals surface area contributed by atoms with Gasteiger partial charge in [-0.2, -0.15) is 5.10 Å². The first-order valence-corrected chi connectivity index (χ1v) is 9.35. The van der Waals surface area contributed by atoms with E-state index in [4.69, 9.17) is 4.74 Å². The number of para-hydroxylation sites is 1. The van der Waals surface area contributed by atoms with Crippen LogP contribution in [0.15, 0.2) is 47.7 Å². The minimum Gasteiger partial charge on any atom is -0.370 e. The lowest BCUT2D eigenvalue weighted by Gasteiger charge is -2.34. The van der Waals surface area contributed by atoms with Crippen LogP contribution in [-0.2, 0) is 18.2 Å². The smallest absolute Gasteiger partial charge is 0.193 e. The van der Waals surface area contributed by atoms with E-state index in [1.54, 1.807) is 0 Å². The Balaban J connectivity index is 0.00000225. The van der Waals surface area contributed by atoms with Crippen LogP contribution in [0.1, 0.15) is 17.4 Å². The van der Waals surface area contributed by atoms with Gasteiger partial charge in [0.05, 0.1) is 19.3 Å². The van der Waals surface area contributed by atoms with Crippen molar-refractivity contribution in [2.45, 2.75) is 12.5 Å². The molecule has 1 aromatic carbocycles. The summed E-state index contributed by atoms with van der Waals surface area (Å²) in [6.45, 7) is 3.12. The third kappa shape index (κ3) is 4.67. The van der Waals surface area contributed by atoms with E-state index < -0.39 is 0 Å². The summed E-state index contributed by atoms with van der Waals surface area (Å²) in [6, 6.07) is 10.6. The zero-order valence-corrected chi connectivity index (χ0v) is 18.6. The molecule has 0 aliphatic carbocycles. The van der Waals surface area contributed by atoms with Gasteiger partial charge in [0, 0.05) is 56.6 Å². The van der Waals surface area contributed by atoms with E-state index in [-0.39, 0.29) is 30.1 Å². The number of aryl methyl sites for hydroxylation is 1. The summed E-state index contributed by atoms with van der Waals surface area (Å²) < 4.78 is 7.74. The summed E-state index contributed by atoms with van der Waals surface area (Å²) in [4.78, 5) is 10.2. The number of benzene rings is 1. The molecule has 1 saturated heterocycles. The Kier molecular flexibility index (Phi) is 6.95. The van der Waals surface area contributed by atoms with Crippen LogP contribution in [0.3, 0.4) is 0 Å². The number of hydrogen-bond acceptors (Lipinski definition) is 3. The lowest BCUT2D eigenvalue weighted by Crippen LogP contribution is -2.48. The van der Waals surface area contributed by atoms with E-state index in [0.29, 0.717) is 6.61 Å². The highest BCUT2D eigenvalue weighted by atomic mass is 127. The number of nitrogens with zero attached hydrogens (tertiary/aromatic N) is 4. The summed E-state index contributed by atoms with van der Waals surface area (Å²) in [5, 5.41) is 8.99. The van der Waals surface area contributed by atoms with Crippen LogP contribution < -0.4 is 5.32 Å². The number of fused-ring (bicyclic) bond motifs is 1. The lowest BCUT2D eigenvalue weighted by atomic mass is 10.1. The van der Waals surface area contributed by atoms with Gasteiger partial charge < -0.3 is 19.9 Å². The summed E-state index contributed by atoms with van der Waals surface area (Å²) in [7, 11) is 3.76. The van der Waals surface area contributed by atoms with Gasteiger partial charge in [0.25, 0.3) is 0 Å². The summed E-state index contributed by atoms with van der Waals surface area (Å²) in [6.07, 6.45) is 4.84. The summed E-state index contributed by atoms with van der Waals surface area (Å²) in [5.41, 5.74) is 3.52. The third-order valence-electron chi connectivity index (χ3n) is 4.94. The average Bonchev–Trinajstić information content (AvgIpc) is 3.31. The van der Waals surface area contributed by atoms with Crippen LogP contribution in [0.5, 0.6) is 0 Å². The molecule has 2 aromatic heterocycles. The van der Waals surface area contributed by atoms with Crippen LogP contribution >= 0.6 is 24.0 Å². The Bertz CT molecular complexity index is 901. The molecule has 0 saturated carbocycles. The van der Waals surface area contributed by atoms with Gasteiger partial charge in [-0.1, -0.05) is 18.2 Å². The molecule has 0 spiro atoms. The topological polar surface area (TPSA) is 70.5 Å². The van der Waals surface area contributed by atoms with Gasteiger partial charge in [-0.25, -0.2) is 0 Å². The molecule has 7 nitrogen and oxygen atoms in total. The Hall–Kier alpha value is -2.07. The Morgan fingerprint density at radius 2 is 2.25 bits per heavy atom. The zero-order valence-electron chi connectivity index (χ0n) is 16.3. The Labute approximate surface area is 182 Å². The number of aliphatic imine (C=N–C) groups is 1. The van der Waals surface area contributed by atoms with Crippen LogP contribution in [0, 0.1) is 0 Å². The fourth-order valence-electron chi connectivity index (χ4n) is 3.56. The predicted molar refractivity (Wildman–Crippen MR) is 122 cm³/mol. The molecule has 1 fully saturated rings. The van der Waals surface area contributed by atoms with Crippen molar-refractivity contribution in [1.29, 1.82) is 0 Å². The number of H-pyrrole nitrogens is 1. The highest BCUT2D eigenvalue weighted by molar-refractivity contribution is 14.0. The second-order valence-corrected chi connectivity index (χ2v) is 6.86. The van der Waals surface area contributed by atoms with Crippen molar-refractivity contribution in [3.63, 3.8) is 0 Å². The molecule has 1 unspecified atom stereocenters. The minimum absolute atomic E-state index is 0. The number of halogens is 1. The van der Waals surface area contributed by atoms with Gasteiger partial charge in [0.2, 0.25) is 0 Å². The van der Waals surface area contributed by atoms with Crippen LogP contribution in [0.25, 0.3) is 10.9 Å². The molecule has 3 aromatic rings. The molecule has 28 heavy (non-hydrogen) atoms. The molecular weight excluding hydrogens is 467 g/mol. The van der Waals surface area contributed by atoms with E-state index in [9.17, 15) is 0 Å². The van der Waals surface area contributed by atoms with Gasteiger partial charge in [-0.3, -0.25) is 9.67 Å². The van der Waals surface area contributed by atoms with E-state index >= 15 is 0 Å². The fourth-order valence-corrected chi connectivity index (χ4v) is 3.56. The maximum absolute atomic E-state index is 5.93. The SMILES string of the molecule is CN=C(NCCc1cc2ccccc2[nH]1)N1CCOC(c2cnn(C)c2)C1.I. The van der Waals surface area contributed by atoms with Gasteiger partial charge in [-0.15, -0.1) is 24.0 Å². The fraction of sp³-hybridized carbons (Fsp3) is 0.400. The van der Waals surface area contributed by atoms with Crippen LogP contribution in [0.4, 0.5) is 0 Å². The standard InChI is InChI=1S/C20H26N6O.HI/c1-21-20(22-8-7-17-11-15-5-3-4-6-18(15)24-17)26-9-10-27-19(14-26)16-12-23-25(2)13-16;/h3-6,11-13,19,24H,7-10,14H2,1-2H3,(H,21,22);1H. The average molecular weight is 494 g/mol. The zero-order chi connectivity index (χ0) is 18.6. The summed E-state index contributed by atoms with van der Waals surface area (Å²) >= 11 is 0. The number of morpholine rings is 1. The van der Waals surface area contributed by atoms with Crippen molar-refractivity contribution in [3.8, 4) is 0 Å². The number of nitrogens with one attached hydrogen (secondary N) is 2. The first kappa shape index (κ1) is 20.7. The Morgan fingerprint density at radius 1 is 1.39 bits per heavy atom. The second-order valence-electron chi connectivity index (χ2n) is 6.86. The maximum atomic E-state index is 5.93.